The van der Waals surface area contributed by atoms with Crippen LogP contribution in [0, 0.1) is 0 Å². The van der Waals surface area contributed by atoms with Crippen LogP contribution in [-0.4, -0.2) is 23.1 Å². The lowest BCUT2D eigenvalue weighted by Crippen LogP contribution is -2.19. The van der Waals surface area contributed by atoms with Crippen LogP contribution in [0.4, 0.5) is 5.69 Å². The summed E-state index contributed by atoms with van der Waals surface area (Å²) in [6.07, 6.45) is 3.16. The molecule has 0 saturated heterocycles. The van der Waals surface area contributed by atoms with Crippen molar-refractivity contribution in [1.82, 2.24) is 4.98 Å². The van der Waals surface area contributed by atoms with Gasteiger partial charge in [0.2, 0.25) is 5.71 Å². The molecule has 0 amide bonds. The molecule has 144 valence electrons. The summed E-state index contributed by atoms with van der Waals surface area (Å²) in [6.45, 7) is 0. The first-order chi connectivity index (χ1) is 14.1. The third kappa shape index (κ3) is 2.78. The van der Waals surface area contributed by atoms with Gasteiger partial charge >= 0.3 is 5.97 Å². The van der Waals surface area contributed by atoms with E-state index >= 15 is 0 Å². The van der Waals surface area contributed by atoms with Gasteiger partial charge in [-0.15, -0.1) is 0 Å². The van der Waals surface area contributed by atoms with Crippen LogP contribution < -0.4 is 5.32 Å². The zero-order valence-corrected chi connectivity index (χ0v) is 16.0. The number of aromatic nitrogens is 1. The van der Waals surface area contributed by atoms with Crippen molar-refractivity contribution in [3.63, 3.8) is 0 Å². The zero-order chi connectivity index (χ0) is 20.0. The monoisotopic (exact) mass is 384 g/mol. The van der Waals surface area contributed by atoms with Gasteiger partial charge in [-0.1, -0.05) is 48.5 Å². The number of pyridine rings is 1. The lowest BCUT2D eigenvalue weighted by Gasteiger charge is -2.11. The van der Waals surface area contributed by atoms with E-state index < -0.39 is 11.4 Å². The molecule has 0 atom stereocenters. The summed E-state index contributed by atoms with van der Waals surface area (Å²) >= 11 is 0. The van der Waals surface area contributed by atoms with E-state index in [9.17, 15) is 9.90 Å². The number of nitrogens with zero attached hydrogens (tertiary/aromatic N) is 1. The number of hydrogen-bond donors (Lipinski definition) is 2. The summed E-state index contributed by atoms with van der Waals surface area (Å²) in [7, 11) is 1.88. The van der Waals surface area contributed by atoms with Crippen LogP contribution >= 0.6 is 0 Å². The van der Waals surface area contributed by atoms with Gasteiger partial charge in [-0.3, -0.25) is 4.79 Å². The van der Waals surface area contributed by atoms with E-state index in [1.54, 1.807) is 6.20 Å². The van der Waals surface area contributed by atoms with Crippen molar-refractivity contribution in [1.29, 1.82) is 0 Å². The molecule has 4 aromatic rings. The highest BCUT2D eigenvalue weighted by atomic mass is 16.4. The van der Waals surface area contributed by atoms with Crippen LogP contribution in [0.3, 0.4) is 0 Å². The van der Waals surface area contributed by atoms with Crippen molar-refractivity contribution in [3.05, 3.63) is 72.4 Å². The van der Waals surface area contributed by atoms with Crippen LogP contribution in [-0.2, 0) is 10.2 Å². The number of carboxylic acids is 1. The molecule has 0 bridgehead atoms. The van der Waals surface area contributed by atoms with Gasteiger partial charge in [0.15, 0.2) is 5.76 Å². The number of benzene rings is 2. The summed E-state index contributed by atoms with van der Waals surface area (Å²) in [5.41, 5.74) is 4.85. The number of fused-ring (bicyclic) bond motifs is 1. The van der Waals surface area contributed by atoms with E-state index in [1.807, 2.05) is 55.6 Å². The molecule has 5 rings (SSSR count). The topological polar surface area (TPSA) is 75.4 Å². The smallest absolute Gasteiger partial charge is 0.314 e. The lowest BCUT2D eigenvalue weighted by atomic mass is 9.93. The van der Waals surface area contributed by atoms with Gasteiger partial charge in [0.05, 0.1) is 16.5 Å². The maximum atomic E-state index is 11.5. The Bertz CT molecular complexity index is 1200. The van der Waals surface area contributed by atoms with Crippen LogP contribution in [0.25, 0.3) is 33.6 Å². The summed E-state index contributed by atoms with van der Waals surface area (Å²) < 4.78 is 5.98. The highest BCUT2D eigenvalue weighted by Gasteiger charge is 2.51. The molecular formula is C24H20N2O3. The molecule has 29 heavy (non-hydrogen) atoms. The van der Waals surface area contributed by atoms with E-state index in [0.717, 1.165) is 51.9 Å². The number of carboxylic acid groups (broad SMARTS) is 1. The largest absolute Gasteiger partial charge is 0.481 e. The van der Waals surface area contributed by atoms with Gasteiger partial charge in [0, 0.05) is 18.8 Å². The molecule has 1 fully saturated rings. The summed E-state index contributed by atoms with van der Waals surface area (Å²) in [5, 5.41) is 13.6. The van der Waals surface area contributed by atoms with Crippen LogP contribution in [0.5, 0.6) is 0 Å². The van der Waals surface area contributed by atoms with Crippen molar-refractivity contribution < 1.29 is 14.3 Å². The van der Waals surface area contributed by atoms with Crippen LogP contribution in [0.15, 0.2) is 71.3 Å². The van der Waals surface area contributed by atoms with Crippen LogP contribution in [0.1, 0.15) is 18.4 Å². The molecule has 5 heteroatoms. The predicted octanol–water partition coefficient (Wildman–Crippen LogP) is 5.32. The molecule has 2 aromatic carbocycles. The predicted molar refractivity (Wildman–Crippen MR) is 113 cm³/mol. The van der Waals surface area contributed by atoms with E-state index in [0.29, 0.717) is 5.71 Å². The fraction of sp³-hybridized carbons (Fsp3) is 0.167. The first-order valence-corrected chi connectivity index (χ1v) is 9.62. The molecule has 0 spiro atoms. The van der Waals surface area contributed by atoms with Crippen molar-refractivity contribution >= 4 is 22.8 Å². The minimum absolute atomic E-state index is 0.610. The number of aliphatic carboxylic acids is 1. The minimum Gasteiger partial charge on any atom is -0.481 e. The molecule has 1 aliphatic rings. The fourth-order valence-corrected chi connectivity index (χ4v) is 3.93. The highest BCUT2D eigenvalue weighted by molar-refractivity contribution is 5.97. The van der Waals surface area contributed by atoms with Crippen molar-refractivity contribution in [2.45, 2.75) is 18.3 Å². The Labute approximate surface area is 168 Å². The third-order valence-corrected chi connectivity index (χ3v) is 5.79. The number of anilines is 1. The number of hydrogen-bond acceptors (Lipinski definition) is 4. The molecular weight excluding hydrogens is 364 g/mol. The van der Waals surface area contributed by atoms with E-state index in [4.69, 9.17) is 4.42 Å². The Morgan fingerprint density at radius 2 is 1.62 bits per heavy atom. The highest BCUT2D eigenvalue weighted by Crippen LogP contribution is 2.48. The van der Waals surface area contributed by atoms with Crippen molar-refractivity contribution in [3.8, 4) is 22.5 Å². The van der Waals surface area contributed by atoms with Gasteiger partial charge < -0.3 is 14.8 Å². The van der Waals surface area contributed by atoms with Gasteiger partial charge in [0.25, 0.3) is 0 Å². The standard InChI is InChI=1S/C24H20N2O3/c1-25-20-19-3-2-14-26-22(19)29-21(20)17-6-4-15(5-7-17)16-8-10-18(11-9-16)24(12-13-24)23(27)28/h2-11,14,25H,12-13H2,1H3,(H,27,28). The Hall–Kier alpha value is -3.60. The van der Waals surface area contributed by atoms with Gasteiger partial charge in [0.1, 0.15) is 0 Å². The Balaban J connectivity index is 1.46. The second-order valence-electron chi connectivity index (χ2n) is 7.45. The first kappa shape index (κ1) is 17.5. The Morgan fingerprint density at radius 3 is 2.21 bits per heavy atom. The molecule has 1 saturated carbocycles. The lowest BCUT2D eigenvalue weighted by molar-refractivity contribution is -0.140. The second-order valence-corrected chi connectivity index (χ2v) is 7.45. The van der Waals surface area contributed by atoms with Crippen molar-refractivity contribution in [2.75, 3.05) is 12.4 Å². The summed E-state index contributed by atoms with van der Waals surface area (Å²) in [5.74, 6) is 0.0375. The van der Waals surface area contributed by atoms with Gasteiger partial charge in [-0.25, -0.2) is 4.98 Å². The summed E-state index contributed by atoms with van der Waals surface area (Å²) in [4.78, 5) is 15.8. The third-order valence-electron chi connectivity index (χ3n) is 5.79. The average Bonchev–Trinajstić information content (AvgIpc) is 3.49. The molecule has 5 nitrogen and oxygen atoms in total. The molecule has 2 aromatic heterocycles. The van der Waals surface area contributed by atoms with E-state index in [-0.39, 0.29) is 0 Å². The maximum Gasteiger partial charge on any atom is 0.314 e. The SMILES string of the molecule is CNc1c(-c2ccc(-c3ccc(C4(C(=O)O)CC4)cc3)cc2)oc2ncccc12. The zero-order valence-electron chi connectivity index (χ0n) is 16.0. The molecule has 0 unspecified atom stereocenters. The minimum atomic E-state index is -0.727. The Morgan fingerprint density at radius 1 is 1.00 bits per heavy atom. The van der Waals surface area contributed by atoms with Gasteiger partial charge in [-0.2, -0.15) is 0 Å². The number of furan rings is 1. The number of nitrogens with one attached hydrogen (secondary N) is 1. The van der Waals surface area contributed by atoms with E-state index in [2.05, 4.69) is 22.4 Å². The quantitative estimate of drug-likeness (QED) is 0.487. The second kappa shape index (κ2) is 6.48. The molecule has 1 aliphatic carbocycles. The molecule has 0 radical (unpaired) electrons. The number of rotatable bonds is 5. The fourth-order valence-electron chi connectivity index (χ4n) is 3.93. The molecule has 2 N–H and O–H groups in total. The summed E-state index contributed by atoms with van der Waals surface area (Å²) in [6, 6.07) is 19.9. The van der Waals surface area contributed by atoms with E-state index in [1.165, 1.54) is 0 Å². The number of carbonyl (C=O) groups is 1. The normalized spacial score (nSPS) is 14.7. The molecule has 2 heterocycles. The first-order valence-electron chi connectivity index (χ1n) is 9.62. The van der Waals surface area contributed by atoms with Crippen molar-refractivity contribution in [2.24, 2.45) is 0 Å². The van der Waals surface area contributed by atoms with Crippen LogP contribution in [0.2, 0.25) is 0 Å². The molecule has 0 aliphatic heterocycles. The maximum absolute atomic E-state index is 11.5. The Kier molecular flexibility index (Phi) is 3.91. The average molecular weight is 384 g/mol. The van der Waals surface area contributed by atoms with Gasteiger partial charge in [-0.05, 0) is 41.7 Å².